The van der Waals surface area contributed by atoms with Crippen molar-refractivity contribution < 1.29 is 8.83 Å². The van der Waals surface area contributed by atoms with Gasteiger partial charge >= 0.3 is 0 Å². The molecule has 3 aromatic heterocycles. The lowest BCUT2D eigenvalue weighted by atomic mass is 10.2. The summed E-state index contributed by atoms with van der Waals surface area (Å²) in [7, 11) is 0. The number of aromatic nitrogens is 4. The Balaban J connectivity index is 1.60. The van der Waals surface area contributed by atoms with Crippen molar-refractivity contribution in [3.63, 3.8) is 0 Å². The van der Waals surface area contributed by atoms with Crippen LogP contribution in [-0.4, -0.2) is 20.2 Å². The van der Waals surface area contributed by atoms with Crippen molar-refractivity contribution in [1.82, 2.24) is 20.2 Å². The molecule has 1 atom stereocenters. The van der Waals surface area contributed by atoms with E-state index in [1.165, 1.54) is 11.8 Å². The summed E-state index contributed by atoms with van der Waals surface area (Å²) in [6.45, 7) is 1.91. The molecule has 0 unspecified atom stereocenters. The van der Waals surface area contributed by atoms with Gasteiger partial charge in [0.25, 0.3) is 16.7 Å². The highest BCUT2D eigenvalue weighted by Gasteiger charge is 2.17. The molecule has 120 valence electrons. The van der Waals surface area contributed by atoms with Crippen LogP contribution in [0.1, 0.15) is 18.0 Å². The average molecular weight is 340 g/mol. The van der Waals surface area contributed by atoms with Crippen molar-refractivity contribution in [2.24, 2.45) is 0 Å². The van der Waals surface area contributed by atoms with Crippen LogP contribution in [0, 0.1) is 0 Å². The van der Waals surface area contributed by atoms with Gasteiger partial charge in [0.2, 0.25) is 0 Å². The van der Waals surface area contributed by atoms with Crippen molar-refractivity contribution in [2.45, 2.75) is 17.4 Å². The van der Waals surface area contributed by atoms with Crippen molar-refractivity contribution in [3.8, 4) is 11.7 Å². The SMILES string of the molecule is C[C@@H](Sc1nnc(-c2ccco2)o1)c1nc2ccccc2c(=O)[nH]1. The number of rotatable bonds is 4. The maximum Gasteiger partial charge on any atom is 0.284 e. The molecule has 0 aliphatic heterocycles. The third kappa shape index (κ3) is 2.71. The molecule has 4 rings (SSSR count). The zero-order valence-corrected chi connectivity index (χ0v) is 13.4. The maximum absolute atomic E-state index is 12.1. The van der Waals surface area contributed by atoms with Gasteiger partial charge in [0.15, 0.2) is 5.76 Å². The first-order valence-electron chi connectivity index (χ1n) is 7.24. The predicted molar refractivity (Wildman–Crippen MR) is 88.6 cm³/mol. The topological polar surface area (TPSA) is 97.8 Å². The highest BCUT2D eigenvalue weighted by molar-refractivity contribution is 7.99. The summed E-state index contributed by atoms with van der Waals surface area (Å²) in [6, 6.07) is 10.7. The second kappa shape index (κ2) is 5.97. The lowest BCUT2D eigenvalue weighted by molar-refractivity contribution is 0.446. The molecule has 0 amide bonds. The number of para-hydroxylation sites is 1. The van der Waals surface area contributed by atoms with E-state index in [1.54, 1.807) is 24.5 Å². The normalized spacial score (nSPS) is 12.5. The Kier molecular flexibility index (Phi) is 3.66. The molecule has 0 radical (unpaired) electrons. The van der Waals surface area contributed by atoms with Crippen LogP contribution in [0.2, 0.25) is 0 Å². The van der Waals surface area contributed by atoms with E-state index in [-0.39, 0.29) is 10.8 Å². The Labute approximate surface area is 140 Å². The molecule has 3 heterocycles. The van der Waals surface area contributed by atoms with Gasteiger partial charge in [0.05, 0.1) is 22.4 Å². The third-order valence-electron chi connectivity index (χ3n) is 3.43. The number of H-pyrrole nitrogens is 1. The fraction of sp³-hybridized carbons (Fsp3) is 0.125. The van der Waals surface area contributed by atoms with Crippen LogP contribution in [0.3, 0.4) is 0 Å². The van der Waals surface area contributed by atoms with Crippen molar-refractivity contribution in [3.05, 3.63) is 58.8 Å². The van der Waals surface area contributed by atoms with Gasteiger partial charge in [-0.15, -0.1) is 10.2 Å². The zero-order chi connectivity index (χ0) is 16.5. The van der Waals surface area contributed by atoms with E-state index in [2.05, 4.69) is 20.2 Å². The molecule has 0 saturated carbocycles. The fourth-order valence-electron chi connectivity index (χ4n) is 2.26. The molecule has 4 aromatic rings. The van der Waals surface area contributed by atoms with Gasteiger partial charge in [-0.3, -0.25) is 4.79 Å². The summed E-state index contributed by atoms with van der Waals surface area (Å²) >= 11 is 1.32. The van der Waals surface area contributed by atoms with Gasteiger partial charge in [-0.2, -0.15) is 0 Å². The van der Waals surface area contributed by atoms with Gasteiger partial charge in [-0.05, 0) is 31.2 Å². The molecule has 0 fully saturated rings. The van der Waals surface area contributed by atoms with Gasteiger partial charge in [0.1, 0.15) is 5.82 Å². The van der Waals surface area contributed by atoms with Gasteiger partial charge in [-0.25, -0.2) is 4.98 Å². The largest absolute Gasteiger partial charge is 0.459 e. The second-order valence-corrected chi connectivity index (χ2v) is 6.37. The standard InChI is InChI=1S/C16H12N4O3S/c1-9(13-17-11-6-3-2-5-10(11)14(21)18-13)24-16-20-19-15(23-16)12-7-4-8-22-12/h2-9H,1H3,(H,17,18,21)/t9-/m1/s1. The molecular weight excluding hydrogens is 328 g/mol. The Bertz CT molecular complexity index is 1040. The van der Waals surface area contributed by atoms with E-state index in [9.17, 15) is 4.79 Å². The summed E-state index contributed by atoms with van der Waals surface area (Å²) in [5.74, 6) is 1.38. The van der Waals surface area contributed by atoms with Crippen molar-refractivity contribution >= 4 is 22.7 Å². The smallest absolute Gasteiger partial charge is 0.284 e. The number of benzene rings is 1. The Morgan fingerprint density at radius 3 is 2.88 bits per heavy atom. The van der Waals surface area contributed by atoms with Gasteiger partial charge in [-0.1, -0.05) is 23.9 Å². The van der Waals surface area contributed by atoms with Crippen LogP contribution < -0.4 is 5.56 Å². The fourth-order valence-corrected chi connectivity index (χ4v) is 3.00. The molecule has 1 aromatic carbocycles. The lowest BCUT2D eigenvalue weighted by Gasteiger charge is -2.08. The first-order valence-corrected chi connectivity index (χ1v) is 8.11. The molecule has 7 nitrogen and oxygen atoms in total. The van der Waals surface area contributed by atoms with E-state index in [0.29, 0.717) is 33.6 Å². The first kappa shape index (κ1) is 14.7. The number of nitrogens with one attached hydrogen (secondary N) is 1. The average Bonchev–Trinajstić information content (AvgIpc) is 3.26. The number of fused-ring (bicyclic) bond motifs is 1. The van der Waals surface area contributed by atoms with Crippen LogP contribution >= 0.6 is 11.8 Å². The molecule has 0 aliphatic carbocycles. The summed E-state index contributed by atoms with van der Waals surface area (Å²) in [4.78, 5) is 19.5. The zero-order valence-electron chi connectivity index (χ0n) is 12.6. The Morgan fingerprint density at radius 1 is 1.17 bits per heavy atom. The number of hydrogen-bond donors (Lipinski definition) is 1. The van der Waals surface area contributed by atoms with Crippen LogP contribution in [0.25, 0.3) is 22.6 Å². The predicted octanol–water partition coefficient (Wildman–Crippen LogP) is 3.42. The van der Waals surface area contributed by atoms with E-state index in [4.69, 9.17) is 8.83 Å². The van der Waals surface area contributed by atoms with Gasteiger partial charge < -0.3 is 13.8 Å². The van der Waals surface area contributed by atoms with Gasteiger partial charge in [0, 0.05) is 0 Å². The summed E-state index contributed by atoms with van der Waals surface area (Å²) in [5.41, 5.74) is 0.496. The molecule has 0 bridgehead atoms. The molecule has 0 saturated heterocycles. The molecular formula is C16H12N4O3S. The highest BCUT2D eigenvalue weighted by Crippen LogP contribution is 2.33. The monoisotopic (exact) mass is 340 g/mol. The van der Waals surface area contributed by atoms with Crippen molar-refractivity contribution in [2.75, 3.05) is 0 Å². The van der Waals surface area contributed by atoms with E-state index in [1.807, 2.05) is 25.1 Å². The quantitative estimate of drug-likeness (QED) is 0.568. The summed E-state index contributed by atoms with van der Waals surface area (Å²) in [5, 5.41) is 8.72. The molecule has 24 heavy (non-hydrogen) atoms. The van der Waals surface area contributed by atoms with E-state index >= 15 is 0 Å². The molecule has 0 aliphatic rings. The number of hydrogen-bond acceptors (Lipinski definition) is 7. The number of aromatic amines is 1. The third-order valence-corrected chi connectivity index (χ3v) is 4.38. The minimum Gasteiger partial charge on any atom is -0.459 e. The van der Waals surface area contributed by atoms with Crippen molar-refractivity contribution in [1.29, 1.82) is 0 Å². The van der Waals surface area contributed by atoms with Crippen LogP contribution in [0.4, 0.5) is 0 Å². The van der Waals surface area contributed by atoms with E-state index < -0.39 is 0 Å². The molecule has 0 spiro atoms. The number of furan rings is 1. The van der Waals surface area contributed by atoms with Crippen LogP contribution in [0.5, 0.6) is 0 Å². The Morgan fingerprint density at radius 2 is 2.04 bits per heavy atom. The van der Waals surface area contributed by atoms with E-state index in [0.717, 1.165) is 0 Å². The van der Waals surface area contributed by atoms with Crippen LogP contribution in [0.15, 0.2) is 61.5 Å². The minimum absolute atomic E-state index is 0.160. The maximum atomic E-state index is 12.1. The summed E-state index contributed by atoms with van der Waals surface area (Å²) < 4.78 is 10.8. The number of thioether (sulfide) groups is 1. The molecule has 1 N–H and O–H groups in total. The van der Waals surface area contributed by atoms with Crippen LogP contribution in [-0.2, 0) is 0 Å². The second-order valence-electron chi connectivity index (χ2n) is 5.08. The molecule has 8 heteroatoms. The first-order chi connectivity index (χ1) is 11.7. The summed E-state index contributed by atoms with van der Waals surface area (Å²) in [6.07, 6.45) is 1.54. The minimum atomic E-state index is -0.162. The Hall–Kier alpha value is -2.87. The number of nitrogens with zero attached hydrogens (tertiary/aromatic N) is 3. The lowest BCUT2D eigenvalue weighted by Crippen LogP contribution is -2.12. The highest BCUT2D eigenvalue weighted by atomic mass is 32.2.